The second-order valence-corrected chi connectivity index (χ2v) is 6.08. The third-order valence-corrected chi connectivity index (χ3v) is 4.15. The summed E-state index contributed by atoms with van der Waals surface area (Å²) >= 11 is 0. The highest BCUT2D eigenvalue weighted by atomic mass is 16.7. The Balaban J connectivity index is 2.21. The molecule has 1 atom stereocenters. The van der Waals surface area contributed by atoms with E-state index in [0.29, 0.717) is 5.75 Å². The first-order valence-electron chi connectivity index (χ1n) is 6.66. The molecular weight excluding hydrogens is 257 g/mol. The molecular formula is C14H22BNO4. The van der Waals surface area contributed by atoms with Crippen LogP contribution in [-0.2, 0) is 9.31 Å². The van der Waals surface area contributed by atoms with Crippen molar-refractivity contribution in [3.63, 3.8) is 0 Å². The predicted octanol–water partition coefficient (Wildman–Crippen LogP) is 2.03. The number of ether oxygens (including phenoxy) is 1. The molecule has 1 heterocycles. The number of phenols is 1. The van der Waals surface area contributed by atoms with Gasteiger partial charge in [-0.3, -0.25) is 0 Å². The predicted molar refractivity (Wildman–Crippen MR) is 77.7 cm³/mol. The van der Waals surface area contributed by atoms with Gasteiger partial charge >= 0.3 is 7.12 Å². The fraction of sp³-hybridized carbons (Fsp3) is 0.571. The molecule has 0 radical (unpaired) electrons. The van der Waals surface area contributed by atoms with Gasteiger partial charge in [-0.1, -0.05) is 6.07 Å². The molecule has 1 aromatic rings. The molecule has 0 spiro atoms. The summed E-state index contributed by atoms with van der Waals surface area (Å²) in [6.45, 7) is 7.91. The van der Waals surface area contributed by atoms with Crippen molar-refractivity contribution in [1.29, 1.82) is 0 Å². The van der Waals surface area contributed by atoms with Crippen molar-refractivity contribution in [2.75, 3.05) is 7.11 Å². The lowest BCUT2D eigenvalue weighted by molar-refractivity contribution is 0.00578. The van der Waals surface area contributed by atoms with Crippen LogP contribution in [0.25, 0.3) is 0 Å². The Labute approximate surface area is 120 Å². The van der Waals surface area contributed by atoms with Crippen LogP contribution in [0.2, 0.25) is 0 Å². The molecule has 6 heteroatoms. The third-order valence-electron chi connectivity index (χ3n) is 4.15. The van der Waals surface area contributed by atoms with Crippen LogP contribution in [-0.4, -0.2) is 30.5 Å². The lowest BCUT2D eigenvalue weighted by atomic mass is 9.75. The van der Waals surface area contributed by atoms with E-state index in [9.17, 15) is 5.11 Å². The largest absolute Gasteiger partial charge is 0.504 e. The highest BCUT2D eigenvalue weighted by Gasteiger charge is 2.53. The maximum atomic E-state index is 9.83. The maximum Gasteiger partial charge on any atom is 0.480 e. The smallest absolute Gasteiger partial charge is 0.480 e. The number of methoxy groups -OCH3 is 1. The fourth-order valence-electron chi connectivity index (χ4n) is 2.11. The Morgan fingerprint density at radius 3 is 2.20 bits per heavy atom. The average Bonchev–Trinajstić information content (AvgIpc) is 2.57. The van der Waals surface area contributed by atoms with Gasteiger partial charge in [0.1, 0.15) is 0 Å². The third kappa shape index (κ3) is 2.51. The number of hydrogen-bond donors (Lipinski definition) is 2. The Morgan fingerprint density at radius 1 is 1.20 bits per heavy atom. The van der Waals surface area contributed by atoms with Crippen molar-refractivity contribution >= 4 is 7.12 Å². The van der Waals surface area contributed by atoms with Crippen LogP contribution in [0.1, 0.15) is 39.2 Å². The molecule has 110 valence electrons. The molecule has 5 nitrogen and oxygen atoms in total. The Morgan fingerprint density at radius 2 is 1.75 bits per heavy atom. The molecule has 0 bridgehead atoms. The number of phenolic OH excluding ortho intramolecular Hbond substituents is 1. The number of hydrogen-bond acceptors (Lipinski definition) is 5. The van der Waals surface area contributed by atoms with E-state index in [2.05, 4.69) is 0 Å². The zero-order valence-electron chi connectivity index (χ0n) is 12.6. The van der Waals surface area contributed by atoms with Gasteiger partial charge in [0.25, 0.3) is 0 Å². The Bertz CT molecular complexity index is 488. The van der Waals surface area contributed by atoms with Gasteiger partial charge in [0, 0.05) is 0 Å². The van der Waals surface area contributed by atoms with E-state index in [1.54, 1.807) is 18.2 Å². The summed E-state index contributed by atoms with van der Waals surface area (Å²) in [7, 11) is 0.955. The molecule has 0 unspecified atom stereocenters. The van der Waals surface area contributed by atoms with Crippen LogP contribution in [0.4, 0.5) is 0 Å². The topological polar surface area (TPSA) is 73.9 Å². The van der Waals surface area contributed by atoms with Crippen LogP contribution >= 0.6 is 0 Å². The molecule has 20 heavy (non-hydrogen) atoms. The molecule has 1 aliphatic rings. The van der Waals surface area contributed by atoms with E-state index in [1.165, 1.54) is 7.11 Å². The van der Waals surface area contributed by atoms with Crippen molar-refractivity contribution in [3.05, 3.63) is 23.8 Å². The zero-order chi connectivity index (χ0) is 15.1. The lowest BCUT2D eigenvalue weighted by Crippen LogP contribution is -2.41. The van der Waals surface area contributed by atoms with E-state index in [0.717, 1.165) is 5.56 Å². The van der Waals surface area contributed by atoms with Gasteiger partial charge in [-0.05, 0) is 45.4 Å². The monoisotopic (exact) mass is 279 g/mol. The number of aromatic hydroxyl groups is 1. The molecule has 0 amide bonds. The number of nitrogens with two attached hydrogens (primary N) is 1. The molecule has 0 aliphatic carbocycles. The summed E-state index contributed by atoms with van der Waals surface area (Å²) in [6, 6.07) is 5.05. The number of benzene rings is 1. The van der Waals surface area contributed by atoms with Gasteiger partial charge in [-0.25, -0.2) is 0 Å². The summed E-state index contributed by atoms with van der Waals surface area (Å²) in [4.78, 5) is 0. The van der Waals surface area contributed by atoms with E-state index in [-0.39, 0.29) is 5.75 Å². The minimum Gasteiger partial charge on any atom is -0.504 e. The molecule has 1 saturated heterocycles. The molecule has 1 aromatic carbocycles. The fourth-order valence-corrected chi connectivity index (χ4v) is 2.11. The first-order valence-corrected chi connectivity index (χ1v) is 6.66. The van der Waals surface area contributed by atoms with E-state index < -0.39 is 24.3 Å². The normalized spacial score (nSPS) is 21.8. The van der Waals surface area contributed by atoms with E-state index in [4.69, 9.17) is 19.8 Å². The van der Waals surface area contributed by atoms with Crippen molar-refractivity contribution in [2.24, 2.45) is 5.73 Å². The van der Waals surface area contributed by atoms with Gasteiger partial charge in [-0.2, -0.15) is 0 Å². The first-order chi connectivity index (χ1) is 9.18. The molecule has 0 saturated carbocycles. The highest BCUT2D eigenvalue weighted by Crippen LogP contribution is 2.40. The second-order valence-electron chi connectivity index (χ2n) is 6.08. The van der Waals surface area contributed by atoms with Crippen molar-refractivity contribution < 1.29 is 19.2 Å². The highest BCUT2D eigenvalue weighted by molar-refractivity contribution is 6.47. The standard InChI is InChI=1S/C14H22BNO4/c1-13(2)14(3,4)20-15(19-13)12(16)9-6-7-11(18-5)10(17)8-9/h6-8,12,17H,16H2,1-5H3/t12-/m1/s1. The van der Waals surface area contributed by atoms with Crippen LogP contribution in [0.3, 0.4) is 0 Å². The molecule has 1 aliphatic heterocycles. The maximum absolute atomic E-state index is 9.83. The van der Waals surface area contributed by atoms with E-state index in [1.807, 2.05) is 27.7 Å². The quantitative estimate of drug-likeness (QED) is 0.828. The van der Waals surface area contributed by atoms with Crippen LogP contribution in [0.15, 0.2) is 18.2 Å². The summed E-state index contributed by atoms with van der Waals surface area (Å²) in [5.74, 6) is -0.0142. The van der Waals surface area contributed by atoms with E-state index >= 15 is 0 Å². The van der Waals surface area contributed by atoms with Gasteiger partial charge in [0.05, 0.1) is 24.3 Å². The first kappa shape index (κ1) is 15.2. The Kier molecular flexibility index (Phi) is 3.75. The second kappa shape index (κ2) is 4.95. The zero-order valence-corrected chi connectivity index (χ0v) is 12.6. The van der Waals surface area contributed by atoms with Crippen LogP contribution in [0.5, 0.6) is 11.5 Å². The summed E-state index contributed by atoms with van der Waals surface area (Å²) < 4.78 is 16.9. The van der Waals surface area contributed by atoms with Crippen molar-refractivity contribution in [1.82, 2.24) is 0 Å². The minimum absolute atomic E-state index is 0.0527. The SMILES string of the molecule is COc1ccc([C@@H](N)B2OC(C)(C)C(C)(C)O2)cc1O. The minimum atomic E-state index is -0.548. The molecule has 1 fully saturated rings. The summed E-state index contributed by atoms with van der Waals surface area (Å²) in [5, 5.41) is 9.83. The van der Waals surface area contributed by atoms with Crippen molar-refractivity contribution in [3.8, 4) is 11.5 Å². The van der Waals surface area contributed by atoms with Gasteiger partial charge in [-0.15, -0.1) is 0 Å². The summed E-state index contributed by atoms with van der Waals surface area (Å²) in [6.07, 6.45) is 0. The number of rotatable bonds is 3. The molecule has 2 rings (SSSR count). The Hall–Kier alpha value is -1.24. The van der Waals surface area contributed by atoms with Crippen molar-refractivity contribution in [2.45, 2.75) is 44.8 Å². The summed E-state index contributed by atoms with van der Waals surface area (Å²) in [5.41, 5.74) is 6.09. The van der Waals surface area contributed by atoms with Gasteiger partial charge < -0.3 is 24.9 Å². The molecule has 3 N–H and O–H groups in total. The van der Waals surface area contributed by atoms with Crippen LogP contribution in [0, 0.1) is 0 Å². The van der Waals surface area contributed by atoms with Gasteiger partial charge in [0.15, 0.2) is 11.5 Å². The van der Waals surface area contributed by atoms with Crippen LogP contribution < -0.4 is 10.5 Å². The molecule has 0 aromatic heterocycles. The van der Waals surface area contributed by atoms with Gasteiger partial charge in [0.2, 0.25) is 0 Å². The average molecular weight is 279 g/mol. The lowest BCUT2D eigenvalue weighted by Gasteiger charge is -2.32.